The number of rotatable bonds is 2. The summed E-state index contributed by atoms with van der Waals surface area (Å²) in [5.74, 6) is 0.178. The summed E-state index contributed by atoms with van der Waals surface area (Å²) in [6, 6.07) is 0. The van der Waals surface area contributed by atoms with Gasteiger partial charge in [-0.2, -0.15) is 12.6 Å². The van der Waals surface area contributed by atoms with Crippen molar-refractivity contribution in [3.05, 3.63) is 0 Å². The Morgan fingerprint density at radius 2 is 2.00 bits per heavy atom. The van der Waals surface area contributed by atoms with E-state index in [-0.39, 0.29) is 5.75 Å². The van der Waals surface area contributed by atoms with Crippen LogP contribution in [-0.2, 0) is 9.84 Å². The Balaban J connectivity index is 4.17. The molecule has 0 N–H and O–H groups in total. The molecule has 0 radical (unpaired) electrons. The first kappa shape index (κ1) is 8.30. The largest absolute Gasteiger partial charge is 0.228 e. The SMILES string of the molecule is CCS(=O)(=O)C(C)S. The van der Waals surface area contributed by atoms with Gasteiger partial charge in [-0.25, -0.2) is 8.42 Å². The highest BCUT2D eigenvalue weighted by Gasteiger charge is 2.12. The predicted molar refractivity (Wildman–Crippen MR) is 37.9 cm³/mol. The molecule has 0 aromatic heterocycles. The molecule has 0 saturated carbocycles. The van der Waals surface area contributed by atoms with Crippen molar-refractivity contribution in [3.63, 3.8) is 0 Å². The Bertz CT molecular complexity index is 145. The highest BCUT2D eigenvalue weighted by Crippen LogP contribution is 2.03. The average Bonchev–Trinajstić information content (AvgIpc) is 1.67. The molecule has 50 valence electrons. The maximum absolute atomic E-state index is 10.6. The Morgan fingerprint density at radius 3 is 2.00 bits per heavy atom. The van der Waals surface area contributed by atoms with Gasteiger partial charge < -0.3 is 0 Å². The third-order valence-corrected chi connectivity index (χ3v) is 3.73. The zero-order chi connectivity index (χ0) is 6.78. The molecule has 0 amide bonds. The fourth-order valence-corrected chi connectivity index (χ4v) is 1.17. The third kappa shape index (κ3) is 2.05. The first-order valence-electron chi connectivity index (χ1n) is 2.40. The van der Waals surface area contributed by atoms with Gasteiger partial charge in [0.2, 0.25) is 0 Å². The first-order chi connectivity index (χ1) is 3.50. The van der Waals surface area contributed by atoms with Crippen molar-refractivity contribution < 1.29 is 8.42 Å². The fraction of sp³-hybridized carbons (Fsp3) is 1.00. The molecule has 0 spiro atoms. The highest BCUT2D eigenvalue weighted by atomic mass is 32.2. The van der Waals surface area contributed by atoms with Gasteiger partial charge in [-0.15, -0.1) is 0 Å². The number of hydrogen-bond donors (Lipinski definition) is 1. The molecule has 0 saturated heterocycles. The van der Waals surface area contributed by atoms with Crippen molar-refractivity contribution in [2.24, 2.45) is 0 Å². The van der Waals surface area contributed by atoms with Crippen LogP contribution in [0.15, 0.2) is 0 Å². The molecule has 0 aromatic carbocycles. The molecule has 0 aliphatic rings. The minimum absolute atomic E-state index is 0.178. The van der Waals surface area contributed by atoms with Gasteiger partial charge in [-0.3, -0.25) is 0 Å². The monoisotopic (exact) mass is 154 g/mol. The summed E-state index contributed by atoms with van der Waals surface area (Å²) < 4.78 is 20.7. The van der Waals surface area contributed by atoms with Crippen LogP contribution < -0.4 is 0 Å². The van der Waals surface area contributed by atoms with Crippen molar-refractivity contribution in [2.75, 3.05) is 5.75 Å². The second-order valence-electron chi connectivity index (χ2n) is 1.55. The van der Waals surface area contributed by atoms with Crippen LogP contribution in [0.5, 0.6) is 0 Å². The minimum atomic E-state index is -2.87. The van der Waals surface area contributed by atoms with E-state index in [0.717, 1.165) is 0 Å². The van der Waals surface area contributed by atoms with E-state index in [1.54, 1.807) is 13.8 Å². The lowest BCUT2D eigenvalue weighted by atomic mass is 10.9. The van der Waals surface area contributed by atoms with Crippen molar-refractivity contribution in [3.8, 4) is 0 Å². The summed E-state index contributed by atoms with van der Waals surface area (Å²) >= 11 is 3.77. The van der Waals surface area contributed by atoms with Crippen LogP contribution in [-0.4, -0.2) is 18.8 Å². The Kier molecular flexibility index (Phi) is 2.83. The van der Waals surface area contributed by atoms with Crippen LogP contribution in [0.3, 0.4) is 0 Å². The molecule has 0 aliphatic heterocycles. The molecule has 4 heteroatoms. The van der Waals surface area contributed by atoms with Gasteiger partial charge in [0, 0.05) is 5.75 Å². The van der Waals surface area contributed by atoms with Crippen LogP contribution >= 0.6 is 12.6 Å². The van der Waals surface area contributed by atoms with Crippen LogP contribution in [0.1, 0.15) is 13.8 Å². The third-order valence-electron chi connectivity index (χ3n) is 0.922. The molecule has 0 aliphatic carbocycles. The van der Waals surface area contributed by atoms with Crippen molar-refractivity contribution in [1.29, 1.82) is 0 Å². The lowest BCUT2D eigenvalue weighted by Gasteiger charge is -2.00. The standard InChI is InChI=1S/C4H10O2S2/c1-3-8(5,6)4(2)7/h4,7H,3H2,1-2H3. The summed E-state index contributed by atoms with van der Waals surface area (Å²) in [7, 11) is -2.87. The van der Waals surface area contributed by atoms with E-state index < -0.39 is 14.4 Å². The number of hydrogen-bond acceptors (Lipinski definition) is 3. The molecule has 2 nitrogen and oxygen atoms in total. The molecule has 1 unspecified atom stereocenters. The van der Waals surface area contributed by atoms with E-state index in [1.165, 1.54) is 0 Å². The van der Waals surface area contributed by atoms with E-state index in [9.17, 15) is 8.42 Å². The average molecular weight is 154 g/mol. The van der Waals surface area contributed by atoms with Gasteiger partial charge >= 0.3 is 0 Å². The summed E-state index contributed by atoms with van der Waals surface area (Å²) in [4.78, 5) is 0. The van der Waals surface area contributed by atoms with Crippen LogP contribution in [0, 0.1) is 0 Å². The molecule has 8 heavy (non-hydrogen) atoms. The maximum atomic E-state index is 10.6. The zero-order valence-electron chi connectivity index (χ0n) is 4.96. The van der Waals surface area contributed by atoms with Crippen LogP contribution in [0.4, 0.5) is 0 Å². The summed E-state index contributed by atoms with van der Waals surface area (Å²) in [5.41, 5.74) is 0. The normalized spacial score (nSPS) is 15.9. The molecule has 0 fully saturated rings. The predicted octanol–water partition coefficient (Wildman–Crippen LogP) is 0.697. The Morgan fingerprint density at radius 1 is 1.62 bits per heavy atom. The molecule has 0 heterocycles. The Labute approximate surface area is 55.6 Å². The van der Waals surface area contributed by atoms with Gasteiger partial charge in [-0.1, -0.05) is 6.92 Å². The maximum Gasteiger partial charge on any atom is 0.161 e. The zero-order valence-corrected chi connectivity index (χ0v) is 6.67. The van der Waals surface area contributed by atoms with Gasteiger partial charge in [-0.05, 0) is 6.92 Å². The highest BCUT2D eigenvalue weighted by molar-refractivity contribution is 8.04. The number of sulfone groups is 1. The molecule has 1 atom stereocenters. The molecule has 0 aromatic rings. The van der Waals surface area contributed by atoms with Gasteiger partial charge in [0.1, 0.15) is 4.58 Å². The van der Waals surface area contributed by atoms with E-state index >= 15 is 0 Å². The first-order valence-corrected chi connectivity index (χ1v) is 4.63. The van der Waals surface area contributed by atoms with E-state index in [1.807, 2.05) is 0 Å². The lowest BCUT2D eigenvalue weighted by molar-refractivity contribution is 0.596. The van der Waals surface area contributed by atoms with E-state index in [2.05, 4.69) is 12.6 Å². The summed E-state index contributed by atoms with van der Waals surface area (Å²) in [5, 5.41) is 0. The van der Waals surface area contributed by atoms with E-state index in [0.29, 0.717) is 0 Å². The topological polar surface area (TPSA) is 34.1 Å². The summed E-state index contributed by atoms with van der Waals surface area (Å²) in [6.45, 7) is 3.17. The van der Waals surface area contributed by atoms with Gasteiger partial charge in [0.05, 0.1) is 0 Å². The van der Waals surface area contributed by atoms with Crippen molar-refractivity contribution >= 4 is 22.5 Å². The molecule has 0 rings (SSSR count). The second-order valence-corrected chi connectivity index (χ2v) is 5.28. The van der Waals surface area contributed by atoms with Gasteiger partial charge in [0.15, 0.2) is 9.84 Å². The Hall–Kier alpha value is 0.300. The molecule has 0 bridgehead atoms. The second kappa shape index (κ2) is 2.73. The molecular weight excluding hydrogens is 144 g/mol. The van der Waals surface area contributed by atoms with Crippen LogP contribution in [0.2, 0.25) is 0 Å². The van der Waals surface area contributed by atoms with Crippen molar-refractivity contribution in [2.45, 2.75) is 18.4 Å². The molecular formula is C4H10O2S2. The van der Waals surface area contributed by atoms with Gasteiger partial charge in [0.25, 0.3) is 0 Å². The minimum Gasteiger partial charge on any atom is -0.228 e. The summed E-state index contributed by atoms with van der Waals surface area (Å²) in [6.07, 6.45) is 0. The quantitative estimate of drug-likeness (QED) is 0.594. The fourth-order valence-electron chi connectivity index (χ4n) is 0.241. The smallest absolute Gasteiger partial charge is 0.161 e. The lowest BCUT2D eigenvalue weighted by Crippen LogP contribution is -2.13. The van der Waals surface area contributed by atoms with E-state index in [4.69, 9.17) is 0 Å². The number of thiol groups is 1. The van der Waals surface area contributed by atoms with Crippen LogP contribution in [0.25, 0.3) is 0 Å². The van der Waals surface area contributed by atoms with Crippen molar-refractivity contribution in [1.82, 2.24) is 0 Å².